The Hall–Kier alpha value is -1.05. The van der Waals surface area contributed by atoms with E-state index in [4.69, 9.17) is 5.11 Å². The number of carbonyl (C=O) groups is 1. The van der Waals surface area contributed by atoms with Gasteiger partial charge in [0.2, 0.25) is 0 Å². The Morgan fingerprint density at radius 3 is 2.58 bits per heavy atom. The molecule has 0 heterocycles. The van der Waals surface area contributed by atoms with Gasteiger partial charge in [-0.05, 0) is 12.8 Å². The van der Waals surface area contributed by atoms with E-state index in [1.165, 1.54) is 6.08 Å². The van der Waals surface area contributed by atoms with Gasteiger partial charge in [-0.2, -0.15) is 0 Å². The van der Waals surface area contributed by atoms with Crippen molar-refractivity contribution in [3.63, 3.8) is 0 Å². The Morgan fingerprint density at radius 2 is 2.17 bits per heavy atom. The first-order valence-electron chi connectivity index (χ1n) is 4.27. The molecule has 0 spiro atoms. The molecule has 0 aromatic carbocycles. The predicted molar refractivity (Wildman–Crippen MR) is 50.1 cm³/mol. The van der Waals surface area contributed by atoms with Crippen molar-refractivity contribution in [1.29, 1.82) is 0 Å². The normalized spacial score (nSPS) is 11.2. The lowest BCUT2D eigenvalue weighted by molar-refractivity contribution is -0.132. The standard InChI is InChI=1S/C10H16O2/c1-3-5-6-8-9(7-4-2)10(11)12/h4,7H,2-3,5-6,8H2,1H3,(H,11,12). The molecule has 0 aromatic rings. The van der Waals surface area contributed by atoms with Gasteiger partial charge in [-0.3, -0.25) is 0 Å². The SMILES string of the molecule is C=CC=C(CCCCC)C(=O)O. The first kappa shape index (κ1) is 11.0. The molecule has 0 bridgehead atoms. The molecule has 0 amide bonds. The summed E-state index contributed by atoms with van der Waals surface area (Å²) in [5.74, 6) is -0.828. The van der Waals surface area contributed by atoms with E-state index in [1.807, 2.05) is 0 Å². The van der Waals surface area contributed by atoms with Gasteiger partial charge in [0.25, 0.3) is 0 Å². The van der Waals surface area contributed by atoms with Crippen LogP contribution in [0, 0.1) is 0 Å². The third-order valence-corrected chi connectivity index (χ3v) is 1.64. The van der Waals surface area contributed by atoms with E-state index in [-0.39, 0.29) is 0 Å². The van der Waals surface area contributed by atoms with Crippen LogP contribution in [0.5, 0.6) is 0 Å². The number of rotatable bonds is 6. The molecule has 0 rings (SSSR count). The molecule has 0 aliphatic heterocycles. The van der Waals surface area contributed by atoms with Crippen LogP contribution < -0.4 is 0 Å². The number of hydrogen-bond acceptors (Lipinski definition) is 1. The van der Waals surface area contributed by atoms with Crippen molar-refractivity contribution >= 4 is 5.97 Å². The number of unbranched alkanes of at least 4 members (excludes halogenated alkanes) is 2. The van der Waals surface area contributed by atoms with Gasteiger partial charge in [0, 0.05) is 5.57 Å². The van der Waals surface area contributed by atoms with Crippen molar-refractivity contribution < 1.29 is 9.90 Å². The summed E-state index contributed by atoms with van der Waals surface area (Å²) in [4.78, 5) is 10.6. The molecule has 2 heteroatoms. The number of allylic oxidation sites excluding steroid dienone is 2. The van der Waals surface area contributed by atoms with Crippen molar-refractivity contribution in [3.05, 3.63) is 24.3 Å². The van der Waals surface area contributed by atoms with Crippen LogP contribution in [-0.4, -0.2) is 11.1 Å². The van der Waals surface area contributed by atoms with Gasteiger partial charge in [-0.25, -0.2) is 4.79 Å². The number of aliphatic carboxylic acids is 1. The van der Waals surface area contributed by atoms with Gasteiger partial charge in [0.1, 0.15) is 0 Å². The average molecular weight is 168 g/mol. The van der Waals surface area contributed by atoms with Crippen LogP contribution in [-0.2, 0) is 4.79 Å². The minimum absolute atomic E-state index is 0.457. The summed E-state index contributed by atoms with van der Waals surface area (Å²) in [7, 11) is 0. The first-order chi connectivity index (χ1) is 5.72. The van der Waals surface area contributed by atoms with Crippen LogP contribution >= 0.6 is 0 Å². The maximum absolute atomic E-state index is 10.6. The second kappa shape index (κ2) is 6.65. The van der Waals surface area contributed by atoms with E-state index >= 15 is 0 Å². The third-order valence-electron chi connectivity index (χ3n) is 1.64. The van der Waals surface area contributed by atoms with Crippen molar-refractivity contribution in [1.82, 2.24) is 0 Å². The van der Waals surface area contributed by atoms with Crippen LogP contribution in [0.3, 0.4) is 0 Å². The highest BCUT2D eigenvalue weighted by Gasteiger charge is 2.04. The van der Waals surface area contributed by atoms with E-state index in [2.05, 4.69) is 13.5 Å². The highest BCUT2D eigenvalue weighted by molar-refractivity contribution is 5.86. The third kappa shape index (κ3) is 4.72. The van der Waals surface area contributed by atoms with Gasteiger partial charge in [-0.15, -0.1) is 0 Å². The first-order valence-corrected chi connectivity index (χ1v) is 4.27. The lowest BCUT2D eigenvalue weighted by Crippen LogP contribution is -1.99. The smallest absolute Gasteiger partial charge is 0.331 e. The van der Waals surface area contributed by atoms with E-state index in [0.717, 1.165) is 19.3 Å². The second-order valence-corrected chi connectivity index (χ2v) is 2.69. The lowest BCUT2D eigenvalue weighted by Gasteiger charge is -1.99. The highest BCUT2D eigenvalue weighted by Crippen LogP contribution is 2.08. The predicted octanol–water partition coefficient (Wildman–Crippen LogP) is 2.76. The van der Waals surface area contributed by atoms with Crippen molar-refractivity contribution in [3.8, 4) is 0 Å². The van der Waals surface area contributed by atoms with Gasteiger partial charge in [-0.1, -0.05) is 38.5 Å². The fourth-order valence-electron chi connectivity index (χ4n) is 0.969. The lowest BCUT2D eigenvalue weighted by atomic mass is 10.1. The van der Waals surface area contributed by atoms with E-state index in [1.54, 1.807) is 6.08 Å². The second-order valence-electron chi connectivity index (χ2n) is 2.69. The maximum Gasteiger partial charge on any atom is 0.331 e. The van der Waals surface area contributed by atoms with Crippen LogP contribution in [0.25, 0.3) is 0 Å². The molecule has 0 aliphatic carbocycles. The van der Waals surface area contributed by atoms with Gasteiger partial charge in [0.05, 0.1) is 0 Å². The Kier molecular flexibility index (Phi) is 6.07. The van der Waals surface area contributed by atoms with Crippen LogP contribution in [0.1, 0.15) is 32.6 Å². The van der Waals surface area contributed by atoms with Crippen LogP contribution in [0.4, 0.5) is 0 Å². The monoisotopic (exact) mass is 168 g/mol. The summed E-state index contributed by atoms with van der Waals surface area (Å²) < 4.78 is 0. The molecule has 0 fully saturated rings. The minimum atomic E-state index is -0.828. The summed E-state index contributed by atoms with van der Waals surface area (Å²) in [6.07, 6.45) is 6.88. The minimum Gasteiger partial charge on any atom is -0.478 e. The van der Waals surface area contributed by atoms with Gasteiger partial charge < -0.3 is 5.11 Å². The molecule has 68 valence electrons. The molecule has 0 unspecified atom stereocenters. The summed E-state index contributed by atoms with van der Waals surface area (Å²) >= 11 is 0. The summed E-state index contributed by atoms with van der Waals surface area (Å²) in [5, 5.41) is 8.69. The van der Waals surface area contributed by atoms with E-state index in [9.17, 15) is 4.79 Å². The Labute approximate surface area is 73.6 Å². The number of carboxylic acids is 1. The highest BCUT2D eigenvalue weighted by atomic mass is 16.4. The van der Waals surface area contributed by atoms with Crippen molar-refractivity contribution in [2.75, 3.05) is 0 Å². The molecule has 0 saturated carbocycles. The van der Waals surface area contributed by atoms with E-state index < -0.39 is 5.97 Å². The quantitative estimate of drug-likeness (QED) is 0.376. The molecule has 12 heavy (non-hydrogen) atoms. The topological polar surface area (TPSA) is 37.3 Å². The maximum atomic E-state index is 10.6. The summed E-state index contributed by atoms with van der Waals surface area (Å²) in [5.41, 5.74) is 0.457. The Bertz CT molecular complexity index is 180. The molecule has 0 atom stereocenters. The van der Waals surface area contributed by atoms with Crippen LogP contribution in [0.15, 0.2) is 24.3 Å². The molecular formula is C10H16O2. The molecule has 0 saturated heterocycles. The van der Waals surface area contributed by atoms with Crippen molar-refractivity contribution in [2.45, 2.75) is 32.6 Å². The fourth-order valence-corrected chi connectivity index (χ4v) is 0.969. The molecule has 0 aliphatic rings. The molecule has 0 radical (unpaired) electrons. The number of carboxylic acid groups (broad SMARTS) is 1. The van der Waals surface area contributed by atoms with Gasteiger partial charge >= 0.3 is 5.97 Å². The zero-order chi connectivity index (χ0) is 9.40. The average Bonchev–Trinajstić information content (AvgIpc) is 2.03. The zero-order valence-corrected chi connectivity index (χ0v) is 7.55. The Balaban J connectivity index is 3.89. The molecule has 0 aromatic heterocycles. The van der Waals surface area contributed by atoms with E-state index in [0.29, 0.717) is 12.0 Å². The molecule has 2 nitrogen and oxygen atoms in total. The summed E-state index contributed by atoms with van der Waals surface area (Å²) in [6.45, 7) is 5.57. The fraction of sp³-hybridized carbons (Fsp3) is 0.500. The molecular weight excluding hydrogens is 152 g/mol. The summed E-state index contributed by atoms with van der Waals surface area (Å²) in [6, 6.07) is 0. The van der Waals surface area contributed by atoms with Crippen LogP contribution in [0.2, 0.25) is 0 Å². The van der Waals surface area contributed by atoms with Gasteiger partial charge in [0.15, 0.2) is 0 Å². The number of hydrogen-bond donors (Lipinski definition) is 1. The zero-order valence-electron chi connectivity index (χ0n) is 7.55. The largest absolute Gasteiger partial charge is 0.478 e. The van der Waals surface area contributed by atoms with Crippen molar-refractivity contribution in [2.24, 2.45) is 0 Å². The molecule has 1 N–H and O–H groups in total. The Morgan fingerprint density at radius 1 is 1.50 bits per heavy atom.